The molecule has 1 aromatic carbocycles. The fourth-order valence-corrected chi connectivity index (χ4v) is 3.95. The molecule has 1 aromatic rings. The van der Waals surface area contributed by atoms with E-state index in [0.29, 0.717) is 18.4 Å². The molecule has 2 fully saturated rings. The van der Waals surface area contributed by atoms with Crippen molar-refractivity contribution >= 4 is 5.91 Å². The van der Waals surface area contributed by atoms with E-state index >= 15 is 0 Å². The van der Waals surface area contributed by atoms with Gasteiger partial charge in [0.2, 0.25) is 5.91 Å². The largest absolute Gasteiger partial charge is 0.376 e. The summed E-state index contributed by atoms with van der Waals surface area (Å²) in [5.41, 5.74) is 1.21. The van der Waals surface area contributed by atoms with Crippen LogP contribution in [0, 0.1) is 5.92 Å². The Morgan fingerprint density at radius 1 is 1.17 bits per heavy atom. The molecule has 2 aliphatic rings. The van der Waals surface area contributed by atoms with Crippen LogP contribution in [0.3, 0.4) is 0 Å². The van der Waals surface area contributed by atoms with Crippen molar-refractivity contribution in [3.05, 3.63) is 35.9 Å². The number of benzene rings is 1. The van der Waals surface area contributed by atoms with E-state index in [4.69, 9.17) is 4.74 Å². The van der Waals surface area contributed by atoms with E-state index in [1.54, 1.807) is 0 Å². The van der Waals surface area contributed by atoms with Crippen LogP contribution in [0.4, 0.5) is 0 Å². The van der Waals surface area contributed by atoms with Gasteiger partial charge >= 0.3 is 0 Å². The summed E-state index contributed by atoms with van der Waals surface area (Å²) in [4.78, 5) is 17.3. The monoisotopic (exact) mass is 330 g/mol. The average Bonchev–Trinajstić information content (AvgIpc) is 3.11. The Balaban J connectivity index is 1.43. The number of piperidine rings is 1. The molecule has 0 spiro atoms. The second-order valence-electron chi connectivity index (χ2n) is 7.08. The minimum atomic E-state index is 0.118. The quantitative estimate of drug-likeness (QED) is 0.804. The summed E-state index contributed by atoms with van der Waals surface area (Å²) in [6, 6.07) is 10.4. The van der Waals surface area contributed by atoms with Crippen LogP contribution in [0.1, 0.15) is 38.2 Å². The fraction of sp³-hybridized carbons (Fsp3) is 0.650. The Morgan fingerprint density at radius 2 is 2.00 bits per heavy atom. The van der Waals surface area contributed by atoms with Crippen LogP contribution in [0.2, 0.25) is 0 Å². The van der Waals surface area contributed by atoms with Crippen molar-refractivity contribution in [3.63, 3.8) is 0 Å². The maximum Gasteiger partial charge on any atom is 0.239 e. The molecule has 0 unspecified atom stereocenters. The predicted octanol–water partition coefficient (Wildman–Crippen LogP) is 2.93. The minimum absolute atomic E-state index is 0.118. The lowest BCUT2D eigenvalue weighted by Gasteiger charge is -2.36. The third-order valence-electron chi connectivity index (χ3n) is 5.37. The third kappa shape index (κ3) is 4.37. The number of amides is 1. The van der Waals surface area contributed by atoms with Gasteiger partial charge in [-0.1, -0.05) is 43.7 Å². The smallest absolute Gasteiger partial charge is 0.239 e. The highest BCUT2D eigenvalue weighted by Gasteiger charge is 2.34. The van der Waals surface area contributed by atoms with Gasteiger partial charge in [0.1, 0.15) is 0 Å². The zero-order valence-corrected chi connectivity index (χ0v) is 14.8. The van der Waals surface area contributed by atoms with Crippen LogP contribution in [0.25, 0.3) is 0 Å². The first-order valence-electron chi connectivity index (χ1n) is 9.42. The average molecular weight is 330 g/mol. The first-order chi connectivity index (χ1) is 11.8. The molecule has 0 N–H and O–H groups in total. The molecule has 4 nitrogen and oxygen atoms in total. The van der Waals surface area contributed by atoms with Crippen molar-refractivity contribution in [1.29, 1.82) is 0 Å². The van der Waals surface area contributed by atoms with Crippen LogP contribution in [0.5, 0.6) is 0 Å². The number of rotatable bonds is 6. The standard InChI is InChI=1S/C20H30N2O2/c1-2-21-12-7-6-10-19(21)20(23)22-13-11-18(14-22)16-24-15-17-8-4-3-5-9-17/h3-5,8-9,18-19H,2,6-7,10-16H2,1H3/t18-,19+/m1/s1. The normalized spacial score (nSPS) is 25.1. The summed E-state index contributed by atoms with van der Waals surface area (Å²) >= 11 is 0. The highest BCUT2D eigenvalue weighted by Crippen LogP contribution is 2.23. The Hall–Kier alpha value is -1.39. The van der Waals surface area contributed by atoms with Crippen LogP contribution in [0.15, 0.2) is 30.3 Å². The zero-order chi connectivity index (χ0) is 16.8. The summed E-state index contributed by atoms with van der Waals surface area (Å²) < 4.78 is 5.87. The maximum absolute atomic E-state index is 12.9. The minimum Gasteiger partial charge on any atom is -0.376 e. The number of hydrogen-bond acceptors (Lipinski definition) is 3. The summed E-state index contributed by atoms with van der Waals surface area (Å²) in [5, 5.41) is 0. The lowest BCUT2D eigenvalue weighted by molar-refractivity contribution is -0.137. The summed E-state index contributed by atoms with van der Waals surface area (Å²) in [6.45, 7) is 7.39. The van der Waals surface area contributed by atoms with Crippen molar-refractivity contribution in [2.45, 2.75) is 45.3 Å². The van der Waals surface area contributed by atoms with Gasteiger partial charge in [-0.25, -0.2) is 0 Å². The molecule has 2 atom stereocenters. The molecule has 0 aliphatic carbocycles. The molecular weight excluding hydrogens is 300 g/mol. The van der Waals surface area contributed by atoms with Crippen molar-refractivity contribution in [2.24, 2.45) is 5.92 Å². The first-order valence-corrected chi connectivity index (χ1v) is 9.42. The molecule has 0 bridgehead atoms. The number of hydrogen-bond donors (Lipinski definition) is 0. The van der Waals surface area contributed by atoms with E-state index in [1.807, 2.05) is 18.2 Å². The van der Waals surface area contributed by atoms with Crippen molar-refractivity contribution in [2.75, 3.05) is 32.8 Å². The van der Waals surface area contributed by atoms with E-state index in [9.17, 15) is 4.79 Å². The summed E-state index contributed by atoms with van der Waals surface area (Å²) in [5.74, 6) is 0.832. The van der Waals surface area contributed by atoms with Gasteiger partial charge in [0.05, 0.1) is 19.3 Å². The molecule has 3 rings (SSSR count). The molecule has 0 aromatic heterocycles. The molecule has 2 aliphatic heterocycles. The zero-order valence-electron chi connectivity index (χ0n) is 14.8. The lowest BCUT2D eigenvalue weighted by atomic mass is 10.0. The maximum atomic E-state index is 12.9. The Bertz CT molecular complexity index is 520. The highest BCUT2D eigenvalue weighted by atomic mass is 16.5. The van der Waals surface area contributed by atoms with E-state index < -0.39 is 0 Å². The number of likely N-dealkylation sites (N-methyl/N-ethyl adjacent to an activating group) is 1. The van der Waals surface area contributed by atoms with E-state index in [-0.39, 0.29) is 6.04 Å². The van der Waals surface area contributed by atoms with E-state index in [2.05, 4.69) is 28.9 Å². The van der Waals surface area contributed by atoms with Crippen molar-refractivity contribution in [1.82, 2.24) is 9.80 Å². The van der Waals surface area contributed by atoms with Crippen molar-refractivity contribution in [3.8, 4) is 0 Å². The SMILES string of the molecule is CCN1CCCC[C@H]1C(=O)N1CC[C@@H](COCc2ccccc2)C1. The fourth-order valence-electron chi connectivity index (χ4n) is 3.95. The lowest BCUT2D eigenvalue weighted by Crippen LogP contribution is -2.50. The van der Waals surface area contributed by atoms with Gasteiger partial charge in [0.15, 0.2) is 0 Å². The molecule has 2 heterocycles. The molecule has 24 heavy (non-hydrogen) atoms. The van der Waals surface area contributed by atoms with Gasteiger partial charge in [-0.3, -0.25) is 9.69 Å². The van der Waals surface area contributed by atoms with Gasteiger partial charge in [-0.05, 0) is 37.9 Å². The Labute approximate surface area is 145 Å². The van der Waals surface area contributed by atoms with Gasteiger partial charge in [0.25, 0.3) is 0 Å². The number of carbonyl (C=O) groups excluding carboxylic acids is 1. The number of ether oxygens (including phenoxy) is 1. The van der Waals surface area contributed by atoms with Crippen LogP contribution >= 0.6 is 0 Å². The summed E-state index contributed by atoms with van der Waals surface area (Å²) in [6.07, 6.45) is 4.51. The van der Waals surface area contributed by atoms with Crippen LogP contribution < -0.4 is 0 Å². The Morgan fingerprint density at radius 3 is 2.79 bits per heavy atom. The summed E-state index contributed by atoms with van der Waals surface area (Å²) in [7, 11) is 0. The van der Waals surface area contributed by atoms with Crippen LogP contribution in [-0.4, -0.2) is 54.5 Å². The van der Waals surface area contributed by atoms with Gasteiger partial charge in [-0.15, -0.1) is 0 Å². The second kappa shape index (κ2) is 8.63. The molecule has 1 amide bonds. The Kier molecular flexibility index (Phi) is 6.27. The van der Waals surface area contributed by atoms with Crippen LogP contribution in [-0.2, 0) is 16.1 Å². The van der Waals surface area contributed by atoms with Gasteiger partial charge in [0, 0.05) is 19.0 Å². The van der Waals surface area contributed by atoms with Gasteiger partial charge in [-0.2, -0.15) is 0 Å². The third-order valence-corrected chi connectivity index (χ3v) is 5.37. The number of carbonyl (C=O) groups is 1. The molecule has 0 radical (unpaired) electrons. The van der Waals surface area contributed by atoms with Crippen molar-refractivity contribution < 1.29 is 9.53 Å². The molecule has 4 heteroatoms. The molecule has 132 valence electrons. The topological polar surface area (TPSA) is 32.8 Å². The van der Waals surface area contributed by atoms with E-state index in [0.717, 1.165) is 45.6 Å². The molecule has 0 saturated carbocycles. The highest BCUT2D eigenvalue weighted by molar-refractivity contribution is 5.82. The number of likely N-dealkylation sites (tertiary alicyclic amines) is 2. The van der Waals surface area contributed by atoms with E-state index in [1.165, 1.54) is 18.4 Å². The first kappa shape index (κ1) is 17.4. The van der Waals surface area contributed by atoms with Gasteiger partial charge < -0.3 is 9.64 Å². The molecular formula is C20H30N2O2. The second-order valence-corrected chi connectivity index (χ2v) is 7.08. The number of nitrogens with zero attached hydrogens (tertiary/aromatic N) is 2. The predicted molar refractivity (Wildman–Crippen MR) is 95.7 cm³/mol. The molecule has 2 saturated heterocycles.